The zero-order valence-electron chi connectivity index (χ0n) is 14.4. The second-order valence-electron chi connectivity index (χ2n) is 7.55. The summed E-state index contributed by atoms with van der Waals surface area (Å²) in [6.07, 6.45) is 9.14. The molecule has 0 saturated heterocycles. The number of nitrogens with one attached hydrogen (secondary N) is 2. The van der Waals surface area contributed by atoms with E-state index in [4.69, 9.17) is 4.74 Å². The lowest BCUT2D eigenvalue weighted by molar-refractivity contribution is -0.176. The lowest BCUT2D eigenvalue weighted by atomic mass is 9.51. The van der Waals surface area contributed by atoms with Gasteiger partial charge in [0.2, 0.25) is 11.8 Å². The maximum Gasteiger partial charge on any atom is 0.243 e. The molecule has 130 valence electrons. The molecule has 3 aliphatic rings. The third-order valence-electron chi connectivity index (χ3n) is 6.27. The van der Waals surface area contributed by atoms with Crippen LogP contribution in [0.1, 0.15) is 65.2 Å². The van der Waals surface area contributed by atoms with Crippen molar-refractivity contribution in [3.05, 3.63) is 0 Å². The molecular formula is C18H30N2O3. The number of carbonyl (C=O) groups excluding carboxylic acids is 2. The SMILES string of the molecule is CCO[C@@H]1C[C@@H](NC(=O)[C@@H](NC(C)=O)C2CCCC2)C12CCC2. The van der Waals surface area contributed by atoms with Crippen LogP contribution in [-0.2, 0) is 14.3 Å². The molecule has 0 unspecified atom stereocenters. The van der Waals surface area contributed by atoms with Crippen molar-refractivity contribution in [3.63, 3.8) is 0 Å². The zero-order chi connectivity index (χ0) is 16.4. The predicted molar refractivity (Wildman–Crippen MR) is 87.8 cm³/mol. The molecule has 5 heteroatoms. The van der Waals surface area contributed by atoms with Crippen LogP contribution in [-0.4, -0.2) is 36.6 Å². The van der Waals surface area contributed by atoms with Crippen molar-refractivity contribution in [2.24, 2.45) is 11.3 Å². The van der Waals surface area contributed by atoms with Crippen LogP contribution in [0.2, 0.25) is 0 Å². The van der Waals surface area contributed by atoms with Crippen LogP contribution in [0, 0.1) is 11.3 Å². The van der Waals surface area contributed by atoms with E-state index in [2.05, 4.69) is 10.6 Å². The number of carbonyl (C=O) groups is 2. The van der Waals surface area contributed by atoms with E-state index in [9.17, 15) is 9.59 Å². The minimum Gasteiger partial charge on any atom is -0.378 e. The second-order valence-corrected chi connectivity index (χ2v) is 7.55. The Morgan fingerprint density at radius 2 is 1.91 bits per heavy atom. The largest absolute Gasteiger partial charge is 0.378 e. The molecule has 5 nitrogen and oxygen atoms in total. The van der Waals surface area contributed by atoms with Gasteiger partial charge in [-0.15, -0.1) is 0 Å². The average Bonchev–Trinajstić information content (AvgIpc) is 2.95. The number of amides is 2. The summed E-state index contributed by atoms with van der Waals surface area (Å²) in [5.74, 6) is 0.188. The van der Waals surface area contributed by atoms with E-state index in [1.165, 1.54) is 13.3 Å². The highest BCUT2D eigenvalue weighted by Crippen LogP contribution is 2.57. The molecule has 2 N–H and O–H groups in total. The third kappa shape index (κ3) is 3.12. The summed E-state index contributed by atoms with van der Waals surface area (Å²) in [5, 5.41) is 6.14. The van der Waals surface area contributed by atoms with Crippen LogP contribution in [0.5, 0.6) is 0 Å². The average molecular weight is 322 g/mol. The van der Waals surface area contributed by atoms with Gasteiger partial charge in [0.25, 0.3) is 0 Å². The van der Waals surface area contributed by atoms with E-state index >= 15 is 0 Å². The molecule has 0 bridgehead atoms. The van der Waals surface area contributed by atoms with Gasteiger partial charge in [-0.05, 0) is 44.9 Å². The number of hydrogen-bond donors (Lipinski definition) is 2. The van der Waals surface area contributed by atoms with Gasteiger partial charge in [0.05, 0.1) is 6.10 Å². The quantitative estimate of drug-likeness (QED) is 0.787. The first-order valence-corrected chi connectivity index (χ1v) is 9.26. The fourth-order valence-electron chi connectivity index (χ4n) is 4.81. The maximum absolute atomic E-state index is 12.8. The Balaban J connectivity index is 1.61. The van der Waals surface area contributed by atoms with Crippen molar-refractivity contribution in [2.45, 2.75) is 83.4 Å². The van der Waals surface area contributed by atoms with Crippen molar-refractivity contribution in [1.82, 2.24) is 10.6 Å². The van der Waals surface area contributed by atoms with Crippen LogP contribution >= 0.6 is 0 Å². The summed E-state index contributed by atoms with van der Waals surface area (Å²) in [4.78, 5) is 24.3. The van der Waals surface area contributed by atoms with Gasteiger partial charge in [-0.2, -0.15) is 0 Å². The molecule has 3 rings (SSSR count). The van der Waals surface area contributed by atoms with Crippen molar-refractivity contribution >= 4 is 11.8 Å². The van der Waals surface area contributed by atoms with Gasteiger partial charge in [-0.25, -0.2) is 0 Å². The first-order chi connectivity index (χ1) is 11.1. The molecular weight excluding hydrogens is 292 g/mol. The smallest absolute Gasteiger partial charge is 0.243 e. The number of rotatable bonds is 6. The molecule has 0 aromatic carbocycles. The van der Waals surface area contributed by atoms with Crippen LogP contribution in [0.4, 0.5) is 0 Å². The molecule has 0 aliphatic heterocycles. The van der Waals surface area contributed by atoms with Gasteiger partial charge in [0.1, 0.15) is 6.04 Å². The molecule has 3 aliphatic carbocycles. The third-order valence-corrected chi connectivity index (χ3v) is 6.27. The highest BCUT2D eigenvalue weighted by molar-refractivity contribution is 5.87. The second kappa shape index (κ2) is 6.80. The van der Waals surface area contributed by atoms with Crippen molar-refractivity contribution in [1.29, 1.82) is 0 Å². The Labute approximate surface area is 138 Å². The summed E-state index contributed by atoms with van der Waals surface area (Å²) in [6.45, 7) is 4.27. The predicted octanol–water partition coefficient (Wildman–Crippen LogP) is 2.15. The van der Waals surface area contributed by atoms with Crippen LogP contribution < -0.4 is 10.6 Å². The Hall–Kier alpha value is -1.10. The van der Waals surface area contributed by atoms with E-state index in [1.807, 2.05) is 6.92 Å². The standard InChI is InChI=1S/C18H30N2O3/c1-3-23-15-11-14(18(15)9-6-10-18)20-17(22)16(19-12(2)21)13-7-4-5-8-13/h13-16H,3-11H2,1-2H3,(H,19,21)(H,20,22)/t14-,15-,16+/m1/s1. The summed E-state index contributed by atoms with van der Waals surface area (Å²) < 4.78 is 5.85. The number of hydrogen-bond acceptors (Lipinski definition) is 3. The van der Waals surface area contributed by atoms with E-state index < -0.39 is 0 Å². The summed E-state index contributed by atoms with van der Waals surface area (Å²) >= 11 is 0. The topological polar surface area (TPSA) is 67.4 Å². The maximum atomic E-state index is 12.8. The molecule has 0 radical (unpaired) electrons. The van der Waals surface area contributed by atoms with Crippen molar-refractivity contribution in [3.8, 4) is 0 Å². The van der Waals surface area contributed by atoms with Crippen molar-refractivity contribution in [2.75, 3.05) is 6.61 Å². The lowest BCUT2D eigenvalue weighted by Crippen LogP contribution is -2.69. The molecule has 2 amide bonds. The molecule has 0 aromatic rings. The lowest BCUT2D eigenvalue weighted by Gasteiger charge is -2.61. The van der Waals surface area contributed by atoms with Crippen LogP contribution in [0.3, 0.4) is 0 Å². The van der Waals surface area contributed by atoms with E-state index in [0.717, 1.165) is 51.6 Å². The summed E-state index contributed by atoms with van der Waals surface area (Å²) in [5.41, 5.74) is 0.169. The highest BCUT2D eigenvalue weighted by atomic mass is 16.5. The Bertz CT molecular complexity index is 455. The minimum atomic E-state index is -0.363. The van der Waals surface area contributed by atoms with Gasteiger partial charge >= 0.3 is 0 Å². The van der Waals surface area contributed by atoms with Gasteiger partial charge < -0.3 is 15.4 Å². The first kappa shape index (κ1) is 16.7. The molecule has 3 saturated carbocycles. The van der Waals surface area contributed by atoms with Crippen LogP contribution in [0.15, 0.2) is 0 Å². The molecule has 3 fully saturated rings. The fraction of sp³-hybridized carbons (Fsp3) is 0.889. The monoisotopic (exact) mass is 322 g/mol. The van der Waals surface area contributed by atoms with Crippen LogP contribution in [0.25, 0.3) is 0 Å². The molecule has 0 aromatic heterocycles. The van der Waals surface area contributed by atoms with E-state index in [0.29, 0.717) is 12.0 Å². The first-order valence-electron chi connectivity index (χ1n) is 9.26. The number of ether oxygens (including phenoxy) is 1. The normalized spacial score (nSPS) is 30.3. The van der Waals surface area contributed by atoms with Gasteiger partial charge in [0.15, 0.2) is 0 Å². The molecule has 1 spiro atoms. The van der Waals surface area contributed by atoms with E-state index in [-0.39, 0.29) is 29.3 Å². The van der Waals surface area contributed by atoms with Gasteiger partial charge in [0, 0.05) is 25.0 Å². The molecule has 23 heavy (non-hydrogen) atoms. The van der Waals surface area contributed by atoms with Crippen molar-refractivity contribution < 1.29 is 14.3 Å². The fourth-order valence-corrected chi connectivity index (χ4v) is 4.81. The summed E-state index contributed by atoms with van der Waals surface area (Å²) in [7, 11) is 0. The minimum absolute atomic E-state index is 0.0123. The highest BCUT2D eigenvalue weighted by Gasteiger charge is 2.59. The molecule has 0 heterocycles. The van der Waals surface area contributed by atoms with E-state index in [1.54, 1.807) is 0 Å². The molecule has 3 atom stereocenters. The zero-order valence-corrected chi connectivity index (χ0v) is 14.4. The Morgan fingerprint density at radius 3 is 2.43 bits per heavy atom. The Kier molecular flexibility index (Phi) is 4.95. The summed E-state index contributed by atoms with van der Waals surface area (Å²) in [6, 6.07) is -0.142. The van der Waals surface area contributed by atoms with Gasteiger partial charge in [-0.3, -0.25) is 9.59 Å². The van der Waals surface area contributed by atoms with Gasteiger partial charge in [-0.1, -0.05) is 19.3 Å². The Morgan fingerprint density at radius 1 is 1.22 bits per heavy atom.